The van der Waals surface area contributed by atoms with E-state index < -0.39 is 0 Å². The molecule has 0 spiro atoms. The van der Waals surface area contributed by atoms with Crippen molar-refractivity contribution in [2.24, 2.45) is 0 Å². The van der Waals surface area contributed by atoms with E-state index in [-0.39, 0.29) is 11.3 Å². The Bertz CT molecular complexity index is 781. The molecule has 0 fully saturated rings. The molecule has 0 aliphatic carbocycles. The van der Waals surface area contributed by atoms with Crippen LogP contribution in [0.5, 0.6) is 11.5 Å². The molecule has 1 aliphatic heterocycles. The van der Waals surface area contributed by atoms with Gasteiger partial charge in [0.25, 0.3) is 0 Å². The second-order valence-corrected chi connectivity index (χ2v) is 8.69. The van der Waals surface area contributed by atoms with Crippen LogP contribution < -0.4 is 14.8 Å². The molecule has 0 bridgehead atoms. The van der Waals surface area contributed by atoms with E-state index in [1.54, 1.807) is 11.8 Å². The topological polar surface area (TPSA) is 47.6 Å². The predicted octanol–water partition coefficient (Wildman–Crippen LogP) is 5.02. The lowest BCUT2D eigenvalue weighted by Gasteiger charge is -2.19. The van der Waals surface area contributed by atoms with Gasteiger partial charge in [0.2, 0.25) is 5.91 Å². The maximum absolute atomic E-state index is 12.2. The van der Waals surface area contributed by atoms with Gasteiger partial charge in [-0.1, -0.05) is 45.0 Å². The van der Waals surface area contributed by atoms with Crippen molar-refractivity contribution in [2.45, 2.75) is 38.4 Å². The highest BCUT2D eigenvalue weighted by molar-refractivity contribution is 7.99. The number of amides is 1. The van der Waals surface area contributed by atoms with Gasteiger partial charge < -0.3 is 14.8 Å². The molecule has 0 atom stereocenters. The molecule has 144 valence electrons. The molecule has 0 radical (unpaired) electrons. The van der Waals surface area contributed by atoms with E-state index in [1.165, 1.54) is 11.1 Å². The molecule has 1 N–H and O–H groups in total. The van der Waals surface area contributed by atoms with Gasteiger partial charge in [0.05, 0.1) is 19.0 Å². The number of nitrogens with one attached hydrogen (secondary N) is 1. The van der Waals surface area contributed by atoms with Crippen molar-refractivity contribution in [3.63, 3.8) is 0 Å². The van der Waals surface area contributed by atoms with Gasteiger partial charge in [-0.2, -0.15) is 0 Å². The van der Waals surface area contributed by atoms with Gasteiger partial charge in [-0.3, -0.25) is 4.79 Å². The first kappa shape index (κ1) is 19.6. The van der Waals surface area contributed by atoms with E-state index in [4.69, 9.17) is 9.47 Å². The molecule has 27 heavy (non-hydrogen) atoms. The molecule has 2 aromatic carbocycles. The van der Waals surface area contributed by atoms with Gasteiger partial charge >= 0.3 is 0 Å². The number of fused-ring (bicyclic) bond motifs is 1. The Hall–Kier alpha value is -2.14. The van der Waals surface area contributed by atoms with Crippen LogP contribution in [-0.2, 0) is 16.0 Å². The molecule has 4 nitrogen and oxygen atoms in total. The van der Waals surface area contributed by atoms with E-state index in [9.17, 15) is 4.79 Å². The average Bonchev–Trinajstić information content (AvgIpc) is 2.86. The first-order chi connectivity index (χ1) is 12.9. The summed E-state index contributed by atoms with van der Waals surface area (Å²) in [6, 6.07) is 14.2. The third-order valence-electron chi connectivity index (χ3n) is 4.35. The fraction of sp³-hybridized carbons (Fsp3) is 0.409. The number of ether oxygens (including phenoxy) is 2. The third-order valence-corrected chi connectivity index (χ3v) is 5.36. The zero-order valence-electron chi connectivity index (χ0n) is 16.2. The van der Waals surface area contributed by atoms with Crippen molar-refractivity contribution >= 4 is 23.4 Å². The number of carbonyl (C=O) groups excluding carboxylic acids is 1. The summed E-state index contributed by atoms with van der Waals surface area (Å²) in [5, 5.41) is 2.93. The van der Waals surface area contributed by atoms with Gasteiger partial charge in [-0.05, 0) is 28.7 Å². The fourth-order valence-corrected chi connectivity index (χ4v) is 3.59. The summed E-state index contributed by atoms with van der Waals surface area (Å²) in [4.78, 5) is 12.2. The quantitative estimate of drug-likeness (QED) is 0.785. The van der Waals surface area contributed by atoms with Crippen molar-refractivity contribution in [3.8, 4) is 11.5 Å². The van der Waals surface area contributed by atoms with Crippen LogP contribution >= 0.6 is 11.8 Å². The number of hydrogen-bond donors (Lipinski definition) is 1. The minimum Gasteiger partial charge on any atom is -0.490 e. The Morgan fingerprint density at radius 3 is 2.44 bits per heavy atom. The molecule has 5 heteroatoms. The minimum atomic E-state index is -0.0131. The second kappa shape index (κ2) is 8.70. The lowest BCUT2D eigenvalue weighted by Crippen LogP contribution is -2.14. The van der Waals surface area contributed by atoms with E-state index in [0.29, 0.717) is 24.7 Å². The van der Waals surface area contributed by atoms with E-state index in [0.717, 1.165) is 23.6 Å². The van der Waals surface area contributed by atoms with Gasteiger partial charge in [0.15, 0.2) is 11.5 Å². The zero-order valence-corrected chi connectivity index (χ0v) is 17.0. The van der Waals surface area contributed by atoms with E-state index >= 15 is 0 Å². The summed E-state index contributed by atoms with van der Waals surface area (Å²) in [7, 11) is 0. The molecule has 0 aromatic heterocycles. The standard InChI is InChI=1S/C22H27NO3S/c1-22(2,3)17-7-5-16(6-8-17)14-27-15-21(24)23-18-9-10-19-20(13-18)26-12-4-11-25-19/h5-10,13H,4,11-12,14-15H2,1-3H3,(H,23,24). The molecular formula is C22H27NO3S. The number of rotatable bonds is 5. The lowest BCUT2D eigenvalue weighted by molar-refractivity contribution is -0.113. The number of hydrogen-bond acceptors (Lipinski definition) is 4. The maximum Gasteiger partial charge on any atom is 0.234 e. The number of anilines is 1. The summed E-state index contributed by atoms with van der Waals surface area (Å²) >= 11 is 1.61. The number of carbonyl (C=O) groups is 1. The van der Waals surface area contributed by atoms with E-state index in [2.05, 4.69) is 50.4 Å². The Morgan fingerprint density at radius 2 is 1.74 bits per heavy atom. The minimum absolute atomic E-state index is 0.0131. The Kier molecular flexibility index (Phi) is 6.32. The van der Waals surface area contributed by atoms with Gasteiger partial charge in [0, 0.05) is 23.9 Å². The number of thioether (sulfide) groups is 1. The van der Waals surface area contributed by atoms with Crippen LogP contribution in [0.25, 0.3) is 0 Å². The van der Waals surface area contributed by atoms with Crippen molar-refractivity contribution in [1.29, 1.82) is 0 Å². The molecule has 1 aliphatic rings. The summed E-state index contributed by atoms with van der Waals surface area (Å²) < 4.78 is 11.3. The summed E-state index contributed by atoms with van der Waals surface area (Å²) in [5.41, 5.74) is 3.45. The normalized spacial score (nSPS) is 13.7. The maximum atomic E-state index is 12.2. The van der Waals surface area contributed by atoms with Crippen LogP contribution in [-0.4, -0.2) is 24.9 Å². The molecule has 3 rings (SSSR count). The van der Waals surface area contributed by atoms with Gasteiger partial charge in [-0.15, -0.1) is 11.8 Å². The molecule has 0 saturated heterocycles. The second-order valence-electron chi connectivity index (χ2n) is 7.70. The lowest BCUT2D eigenvalue weighted by atomic mass is 9.87. The third kappa shape index (κ3) is 5.67. The molecule has 0 saturated carbocycles. The summed E-state index contributed by atoms with van der Waals surface area (Å²) in [6.45, 7) is 7.92. The summed E-state index contributed by atoms with van der Waals surface area (Å²) in [6.07, 6.45) is 0.865. The van der Waals surface area contributed by atoms with Crippen molar-refractivity contribution in [1.82, 2.24) is 0 Å². The van der Waals surface area contributed by atoms with E-state index in [1.807, 2.05) is 18.2 Å². The smallest absolute Gasteiger partial charge is 0.234 e. The fourth-order valence-electron chi connectivity index (χ4n) is 2.80. The van der Waals surface area contributed by atoms with Crippen LogP contribution in [0.4, 0.5) is 5.69 Å². The molecule has 2 aromatic rings. The van der Waals surface area contributed by atoms with Crippen LogP contribution in [0.1, 0.15) is 38.3 Å². The molecular weight excluding hydrogens is 358 g/mol. The summed E-state index contributed by atoms with van der Waals surface area (Å²) in [5.74, 6) is 2.64. The Morgan fingerprint density at radius 1 is 1.04 bits per heavy atom. The van der Waals surface area contributed by atoms with Crippen molar-refractivity contribution in [3.05, 3.63) is 53.6 Å². The van der Waals surface area contributed by atoms with Crippen molar-refractivity contribution < 1.29 is 14.3 Å². The Labute approximate surface area is 165 Å². The largest absolute Gasteiger partial charge is 0.490 e. The zero-order chi connectivity index (χ0) is 19.3. The van der Waals surface area contributed by atoms with Crippen LogP contribution in [0.15, 0.2) is 42.5 Å². The SMILES string of the molecule is CC(C)(C)c1ccc(CSCC(=O)Nc2ccc3c(c2)OCCCO3)cc1. The molecule has 1 amide bonds. The van der Waals surface area contributed by atoms with Crippen LogP contribution in [0.3, 0.4) is 0 Å². The highest BCUT2D eigenvalue weighted by Crippen LogP contribution is 2.32. The highest BCUT2D eigenvalue weighted by Gasteiger charge is 2.13. The molecule has 0 unspecified atom stereocenters. The number of benzene rings is 2. The highest BCUT2D eigenvalue weighted by atomic mass is 32.2. The monoisotopic (exact) mass is 385 g/mol. The average molecular weight is 386 g/mol. The Balaban J connectivity index is 1.48. The van der Waals surface area contributed by atoms with Gasteiger partial charge in [0.1, 0.15) is 0 Å². The first-order valence-corrected chi connectivity index (χ1v) is 10.4. The predicted molar refractivity (Wildman–Crippen MR) is 112 cm³/mol. The molecule has 1 heterocycles. The van der Waals surface area contributed by atoms with Crippen LogP contribution in [0.2, 0.25) is 0 Å². The van der Waals surface area contributed by atoms with Gasteiger partial charge in [-0.25, -0.2) is 0 Å². The van der Waals surface area contributed by atoms with Crippen molar-refractivity contribution in [2.75, 3.05) is 24.3 Å². The first-order valence-electron chi connectivity index (χ1n) is 9.28. The van der Waals surface area contributed by atoms with Crippen LogP contribution in [0, 0.1) is 0 Å².